The van der Waals surface area contributed by atoms with Gasteiger partial charge >= 0.3 is 5.69 Å². The maximum absolute atomic E-state index is 13.0. The van der Waals surface area contributed by atoms with Crippen molar-refractivity contribution in [2.24, 2.45) is 11.8 Å². The number of hydrogen-bond acceptors (Lipinski definition) is 6. The summed E-state index contributed by atoms with van der Waals surface area (Å²) in [5.41, 5.74) is 0.143. The molecular weight excluding hydrogens is 422 g/mol. The first-order valence-corrected chi connectivity index (χ1v) is 11.3. The number of methoxy groups -OCH3 is 1. The Kier molecular flexibility index (Phi) is 6.61. The Balaban J connectivity index is 1.75. The van der Waals surface area contributed by atoms with E-state index in [9.17, 15) is 23.3 Å². The quantitative estimate of drug-likeness (QED) is 0.535. The van der Waals surface area contributed by atoms with Gasteiger partial charge in [0, 0.05) is 30.4 Å². The molecule has 1 fully saturated rings. The van der Waals surface area contributed by atoms with E-state index in [1.807, 2.05) is 13.8 Å². The Hall–Kier alpha value is -2.98. The number of piperidine rings is 1. The van der Waals surface area contributed by atoms with E-state index < -0.39 is 20.9 Å². The van der Waals surface area contributed by atoms with Gasteiger partial charge in [-0.2, -0.15) is 4.31 Å². The van der Waals surface area contributed by atoms with Gasteiger partial charge in [0.15, 0.2) is 5.75 Å². The van der Waals surface area contributed by atoms with Gasteiger partial charge in [-0.3, -0.25) is 14.9 Å². The molecule has 0 aromatic heterocycles. The number of ether oxygens (including phenoxy) is 1. The van der Waals surface area contributed by atoms with Gasteiger partial charge < -0.3 is 10.1 Å². The lowest BCUT2D eigenvalue weighted by Gasteiger charge is -2.34. The molecule has 0 spiro atoms. The summed E-state index contributed by atoms with van der Waals surface area (Å²) in [6.45, 7) is 5.06. The van der Waals surface area contributed by atoms with E-state index in [4.69, 9.17) is 4.74 Å². The molecule has 1 amide bonds. The van der Waals surface area contributed by atoms with Crippen molar-refractivity contribution in [2.45, 2.75) is 25.2 Å². The second-order valence-corrected chi connectivity index (χ2v) is 9.83. The van der Waals surface area contributed by atoms with Gasteiger partial charge in [-0.15, -0.1) is 0 Å². The highest BCUT2D eigenvalue weighted by Gasteiger charge is 2.31. The van der Waals surface area contributed by atoms with Crippen molar-refractivity contribution in [3.05, 3.63) is 58.1 Å². The zero-order valence-electron chi connectivity index (χ0n) is 17.6. The molecule has 1 aliphatic heterocycles. The lowest BCUT2D eigenvalue weighted by atomic mass is 9.94. The highest BCUT2D eigenvalue weighted by molar-refractivity contribution is 7.89. The maximum Gasteiger partial charge on any atom is 0.311 e. The Morgan fingerprint density at radius 3 is 2.29 bits per heavy atom. The molecule has 1 aliphatic rings. The van der Waals surface area contributed by atoms with Crippen molar-refractivity contribution in [2.75, 3.05) is 25.5 Å². The normalized spacial score (nSPS) is 19.6. The third-order valence-electron chi connectivity index (χ3n) is 5.22. The minimum absolute atomic E-state index is 0.0532. The minimum atomic E-state index is -3.62. The molecule has 0 radical (unpaired) electrons. The number of sulfonamides is 1. The van der Waals surface area contributed by atoms with Crippen LogP contribution in [0.1, 0.15) is 30.6 Å². The smallest absolute Gasteiger partial charge is 0.311 e. The van der Waals surface area contributed by atoms with Crippen molar-refractivity contribution >= 4 is 27.3 Å². The van der Waals surface area contributed by atoms with Crippen LogP contribution in [0.15, 0.2) is 47.4 Å². The van der Waals surface area contributed by atoms with Gasteiger partial charge in [-0.05, 0) is 54.7 Å². The van der Waals surface area contributed by atoms with Crippen LogP contribution < -0.4 is 10.1 Å². The Morgan fingerprint density at radius 2 is 1.74 bits per heavy atom. The molecule has 166 valence electrons. The molecule has 1 heterocycles. The van der Waals surface area contributed by atoms with Crippen LogP contribution >= 0.6 is 0 Å². The number of nitrogens with zero attached hydrogens (tertiary/aromatic N) is 2. The largest absolute Gasteiger partial charge is 0.490 e. The standard InChI is InChI=1S/C21H25N3O6S/c1-14-10-15(2)13-23(12-14)31(28,29)18-7-5-17(6-8-18)22-21(25)16-4-9-20(30-3)19(11-16)24(26)27/h4-9,11,14-15H,10,12-13H2,1-3H3,(H,22,25). The molecule has 10 heteroatoms. The fourth-order valence-corrected chi connectivity index (χ4v) is 5.52. The molecule has 2 aromatic rings. The van der Waals surface area contributed by atoms with Crippen molar-refractivity contribution in [3.63, 3.8) is 0 Å². The van der Waals surface area contributed by atoms with E-state index in [0.29, 0.717) is 30.6 Å². The fourth-order valence-electron chi connectivity index (χ4n) is 3.84. The average Bonchev–Trinajstić information content (AvgIpc) is 2.72. The monoisotopic (exact) mass is 447 g/mol. The van der Waals surface area contributed by atoms with Gasteiger partial charge in [-0.25, -0.2) is 8.42 Å². The number of carbonyl (C=O) groups is 1. The van der Waals surface area contributed by atoms with Crippen LogP contribution in [-0.2, 0) is 10.0 Å². The molecule has 0 aliphatic carbocycles. The van der Waals surface area contributed by atoms with Crippen LogP contribution in [0.2, 0.25) is 0 Å². The van der Waals surface area contributed by atoms with Crippen molar-refractivity contribution in [1.29, 1.82) is 0 Å². The van der Waals surface area contributed by atoms with Crippen molar-refractivity contribution in [3.8, 4) is 5.75 Å². The van der Waals surface area contributed by atoms with Gasteiger partial charge in [0.05, 0.1) is 16.9 Å². The first-order valence-electron chi connectivity index (χ1n) is 9.85. The van der Waals surface area contributed by atoms with Crippen LogP contribution in [-0.4, -0.2) is 43.8 Å². The molecule has 31 heavy (non-hydrogen) atoms. The summed E-state index contributed by atoms with van der Waals surface area (Å²) >= 11 is 0. The number of nitro groups is 1. The van der Waals surface area contributed by atoms with Crippen LogP contribution in [0.25, 0.3) is 0 Å². The summed E-state index contributed by atoms with van der Waals surface area (Å²) in [6, 6.07) is 9.80. The number of amides is 1. The van der Waals surface area contributed by atoms with Gasteiger partial charge in [0.2, 0.25) is 10.0 Å². The van der Waals surface area contributed by atoms with E-state index in [0.717, 1.165) is 12.5 Å². The van der Waals surface area contributed by atoms with Crippen molar-refractivity contribution in [1.82, 2.24) is 4.31 Å². The van der Waals surface area contributed by atoms with E-state index in [-0.39, 0.29) is 21.9 Å². The minimum Gasteiger partial charge on any atom is -0.490 e. The lowest BCUT2D eigenvalue weighted by Crippen LogP contribution is -2.42. The highest BCUT2D eigenvalue weighted by atomic mass is 32.2. The Morgan fingerprint density at radius 1 is 1.13 bits per heavy atom. The maximum atomic E-state index is 13.0. The van der Waals surface area contributed by atoms with E-state index in [1.165, 1.54) is 47.8 Å². The first-order chi connectivity index (χ1) is 14.6. The van der Waals surface area contributed by atoms with Crippen LogP contribution in [0.3, 0.4) is 0 Å². The molecule has 0 saturated carbocycles. The third-order valence-corrected chi connectivity index (χ3v) is 7.07. The predicted molar refractivity (Wildman–Crippen MR) is 116 cm³/mol. The molecule has 0 bridgehead atoms. The summed E-state index contributed by atoms with van der Waals surface area (Å²) in [6.07, 6.45) is 1.00. The number of benzene rings is 2. The number of nitro benzene ring substituents is 1. The van der Waals surface area contributed by atoms with E-state index >= 15 is 0 Å². The Labute approximate surface area is 181 Å². The average molecular weight is 448 g/mol. The van der Waals surface area contributed by atoms with Crippen LogP contribution in [0, 0.1) is 22.0 Å². The zero-order valence-corrected chi connectivity index (χ0v) is 18.4. The molecule has 2 atom stereocenters. The number of hydrogen-bond donors (Lipinski definition) is 1. The fraction of sp³-hybridized carbons (Fsp3) is 0.381. The Bertz CT molecular complexity index is 1070. The van der Waals surface area contributed by atoms with Gasteiger partial charge in [-0.1, -0.05) is 13.8 Å². The highest BCUT2D eigenvalue weighted by Crippen LogP contribution is 2.29. The summed E-state index contributed by atoms with van der Waals surface area (Å²) < 4.78 is 32.4. The topological polar surface area (TPSA) is 119 Å². The molecular formula is C21H25N3O6S. The SMILES string of the molecule is COc1ccc(C(=O)Nc2ccc(S(=O)(=O)N3CC(C)CC(C)C3)cc2)cc1[N+](=O)[O-]. The van der Waals surface area contributed by atoms with Crippen molar-refractivity contribution < 1.29 is 22.9 Å². The van der Waals surface area contributed by atoms with E-state index in [2.05, 4.69) is 5.32 Å². The number of nitrogens with one attached hydrogen (secondary N) is 1. The summed E-state index contributed by atoms with van der Waals surface area (Å²) in [5.74, 6) is 0.0915. The number of rotatable bonds is 6. The molecule has 9 nitrogen and oxygen atoms in total. The molecule has 2 unspecified atom stereocenters. The lowest BCUT2D eigenvalue weighted by molar-refractivity contribution is -0.385. The second kappa shape index (κ2) is 9.03. The third kappa shape index (κ3) is 5.02. The van der Waals surface area contributed by atoms with Gasteiger partial charge in [0.25, 0.3) is 5.91 Å². The molecule has 2 aromatic carbocycles. The number of anilines is 1. The van der Waals surface area contributed by atoms with E-state index in [1.54, 1.807) is 0 Å². The molecule has 1 saturated heterocycles. The second-order valence-electron chi connectivity index (χ2n) is 7.89. The summed E-state index contributed by atoms with van der Waals surface area (Å²) in [5, 5.41) is 13.8. The number of carbonyl (C=O) groups excluding carboxylic acids is 1. The first kappa shape index (κ1) is 22.7. The summed E-state index contributed by atoms with van der Waals surface area (Å²) in [4.78, 5) is 23.2. The zero-order chi connectivity index (χ0) is 22.8. The molecule has 3 rings (SSSR count). The molecule has 1 N–H and O–H groups in total. The van der Waals surface area contributed by atoms with Gasteiger partial charge in [0.1, 0.15) is 0 Å². The van der Waals surface area contributed by atoms with Crippen LogP contribution in [0.5, 0.6) is 5.75 Å². The van der Waals surface area contributed by atoms with Crippen LogP contribution in [0.4, 0.5) is 11.4 Å². The summed E-state index contributed by atoms with van der Waals surface area (Å²) in [7, 11) is -2.31. The predicted octanol–water partition coefficient (Wildman–Crippen LogP) is 3.52.